The van der Waals surface area contributed by atoms with E-state index in [4.69, 9.17) is 0 Å². The fourth-order valence-corrected chi connectivity index (χ4v) is 1.49. The van der Waals surface area contributed by atoms with E-state index in [1.165, 1.54) is 0 Å². The number of aromatic nitrogens is 3. The highest BCUT2D eigenvalue weighted by Crippen LogP contribution is 2.10. The summed E-state index contributed by atoms with van der Waals surface area (Å²) in [5.74, 6) is -1.52. The summed E-state index contributed by atoms with van der Waals surface area (Å²) in [5, 5.41) is 8.15. The molecule has 19 heavy (non-hydrogen) atoms. The third-order valence-corrected chi connectivity index (χ3v) is 2.36. The van der Waals surface area contributed by atoms with Crippen LogP contribution in [0.3, 0.4) is 0 Å². The summed E-state index contributed by atoms with van der Waals surface area (Å²) in [6, 6.07) is 2.90. The van der Waals surface area contributed by atoms with Gasteiger partial charge in [0.1, 0.15) is 17.5 Å². The minimum atomic E-state index is -0.648. The molecule has 3 N–H and O–H groups in total. The van der Waals surface area contributed by atoms with Crippen LogP contribution in [-0.4, -0.2) is 21.1 Å². The van der Waals surface area contributed by atoms with Gasteiger partial charge in [0.15, 0.2) is 0 Å². The Kier molecular flexibility index (Phi) is 3.69. The zero-order valence-electron chi connectivity index (χ0n) is 9.67. The second-order valence-electron chi connectivity index (χ2n) is 3.81. The Morgan fingerprint density at radius 3 is 2.84 bits per heavy atom. The zero-order chi connectivity index (χ0) is 13.8. The monoisotopic (exact) mass is 268 g/mol. The number of H-pyrrole nitrogens is 2. The molecular formula is C11H10F2N4O2. The Labute approximate surface area is 105 Å². The van der Waals surface area contributed by atoms with Crippen LogP contribution in [0.4, 0.5) is 8.78 Å². The Bertz CT molecular complexity index is 650. The van der Waals surface area contributed by atoms with Crippen LogP contribution in [0.25, 0.3) is 0 Å². The molecule has 2 rings (SSSR count). The molecule has 0 atom stereocenters. The molecule has 0 unspecified atom stereocenters. The molecule has 0 bridgehead atoms. The van der Waals surface area contributed by atoms with Crippen LogP contribution in [0, 0.1) is 11.6 Å². The largest absolute Gasteiger partial charge is 0.349 e. The maximum atomic E-state index is 13.3. The van der Waals surface area contributed by atoms with Crippen molar-refractivity contribution in [1.82, 2.24) is 20.5 Å². The summed E-state index contributed by atoms with van der Waals surface area (Å²) in [7, 11) is 0. The summed E-state index contributed by atoms with van der Waals surface area (Å²) < 4.78 is 26.2. The van der Waals surface area contributed by atoms with Gasteiger partial charge in [-0.15, -0.1) is 0 Å². The number of amides is 1. The van der Waals surface area contributed by atoms with E-state index in [1.807, 2.05) is 0 Å². The maximum absolute atomic E-state index is 13.3. The average molecular weight is 268 g/mol. The molecule has 0 saturated heterocycles. The lowest BCUT2D eigenvalue weighted by Crippen LogP contribution is -2.25. The molecule has 1 aromatic heterocycles. The Morgan fingerprint density at radius 2 is 2.16 bits per heavy atom. The quantitative estimate of drug-likeness (QED) is 0.741. The molecule has 6 nitrogen and oxygen atoms in total. The smallest absolute Gasteiger partial charge is 0.340 e. The fourth-order valence-electron chi connectivity index (χ4n) is 1.49. The second-order valence-corrected chi connectivity index (χ2v) is 3.81. The number of carbonyl (C=O) groups excluding carboxylic acids is 1. The molecule has 0 spiro atoms. The van der Waals surface area contributed by atoms with Crippen molar-refractivity contribution in [3.05, 3.63) is 51.7 Å². The van der Waals surface area contributed by atoms with E-state index < -0.39 is 23.2 Å². The number of halogens is 2. The Hall–Kier alpha value is -2.51. The summed E-state index contributed by atoms with van der Waals surface area (Å²) in [6.45, 7) is -0.00545. The minimum absolute atomic E-state index is 0.00545. The van der Waals surface area contributed by atoms with Crippen LogP contribution in [-0.2, 0) is 17.8 Å². The average Bonchev–Trinajstić information content (AvgIpc) is 2.77. The molecule has 100 valence electrons. The van der Waals surface area contributed by atoms with Gasteiger partial charge in [0.2, 0.25) is 5.91 Å². The molecule has 1 amide bonds. The third-order valence-electron chi connectivity index (χ3n) is 2.36. The van der Waals surface area contributed by atoms with E-state index in [0.717, 1.165) is 18.2 Å². The first-order valence-electron chi connectivity index (χ1n) is 5.39. The van der Waals surface area contributed by atoms with Crippen molar-refractivity contribution in [1.29, 1.82) is 0 Å². The molecule has 8 heteroatoms. The van der Waals surface area contributed by atoms with Gasteiger partial charge in [0.25, 0.3) is 0 Å². The molecule has 0 saturated carbocycles. The number of hydrogen-bond donors (Lipinski definition) is 3. The summed E-state index contributed by atoms with van der Waals surface area (Å²) >= 11 is 0. The predicted octanol–water partition coefficient (Wildman–Crippen LogP) is 0.235. The van der Waals surface area contributed by atoms with E-state index >= 15 is 0 Å². The second kappa shape index (κ2) is 5.42. The Morgan fingerprint density at radius 1 is 1.37 bits per heavy atom. The molecule has 2 aromatic rings. The van der Waals surface area contributed by atoms with Gasteiger partial charge < -0.3 is 5.32 Å². The highest BCUT2D eigenvalue weighted by Gasteiger charge is 2.10. The van der Waals surface area contributed by atoms with Gasteiger partial charge in [-0.2, -0.15) is 5.10 Å². The van der Waals surface area contributed by atoms with Crippen molar-refractivity contribution >= 4 is 5.91 Å². The van der Waals surface area contributed by atoms with Gasteiger partial charge in [0.05, 0.1) is 13.0 Å². The molecule has 1 aromatic carbocycles. The zero-order valence-corrected chi connectivity index (χ0v) is 9.67. The third kappa shape index (κ3) is 3.47. The first-order chi connectivity index (χ1) is 9.04. The molecule has 0 radical (unpaired) electrons. The van der Waals surface area contributed by atoms with Crippen molar-refractivity contribution in [2.75, 3.05) is 0 Å². The molecule has 0 aliphatic heterocycles. The summed E-state index contributed by atoms with van der Waals surface area (Å²) in [4.78, 5) is 24.6. The molecule has 0 fully saturated rings. The van der Waals surface area contributed by atoms with Crippen molar-refractivity contribution < 1.29 is 13.6 Å². The van der Waals surface area contributed by atoms with E-state index in [-0.39, 0.29) is 24.4 Å². The minimum Gasteiger partial charge on any atom is -0.349 e. The number of hydrogen-bond acceptors (Lipinski definition) is 3. The number of carbonyl (C=O) groups is 1. The van der Waals surface area contributed by atoms with Crippen LogP contribution in [0.5, 0.6) is 0 Å². The van der Waals surface area contributed by atoms with Crippen molar-refractivity contribution in [3.63, 3.8) is 0 Å². The van der Waals surface area contributed by atoms with E-state index in [1.54, 1.807) is 0 Å². The van der Waals surface area contributed by atoms with Crippen LogP contribution in [0.1, 0.15) is 11.4 Å². The van der Waals surface area contributed by atoms with Gasteiger partial charge >= 0.3 is 5.69 Å². The molecule has 0 aliphatic rings. The highest BCUT2D eigenvalue weighted by atomic mass is 19.1. The van der Waals surface area contributed by atoms with Gasteiger partial charge in [-0.3, -0.25) is 9.78 Å². The number of nitrogens with zero attached hydrogens (tertiary/aromatic N) is 1. The van der Waals surface area contributed by atoms with Gasteiger partial charge in [-0.05, 0) is 18.2 Å². The summed E-state index contributed by atoms with van der Waals surface area (Å²) in [6.07, 6.45) is -0.293. The molecule has 0 aliphatic carbocycles. The number of benzene rings is 1. The van der Waals surface area contributed by atoms with Crippen LogP contribution < -0.4 is 11.0 Å². The lowest BCUT2D eigenvalue weighted by Gasteiger charge is -2.04. The van der Waals surface area contributed by atoms with E-state index in [2.05, 4.69) is 20.5 Å². The number of rotatable bonds is 4. The van der Waals surface area contributed by atoms with Crippen LogP contribution in [0.15, 0.2) is 23.0 Å². The number of nitrogens with one attached hydrogen (secondary N) is 3. The highest BCUT2D eigenvalue weighted by molar-refractivity contribution is 5.78. The first-order valence-corrected chi connectivity index (χ1v) is 5.39. The van der Waals surface area contributed by atoms with Crippen molar-refractivity contribution in [2.24, 2.45) is 0 Å². The fraction of sp³-hybridized carbons (Fsp3) is 0.182. The van der Waals surface area contributed by atoms with Gasteiger partial charge in [-0.25, -0.2) is 18.7 Å². The predicted molar refractivity (Wildman–Crippen MR) is 61.1 cm³/mol. The lowest BCUT2D eigenvalue weighted by molar-refractivity contribution is -0.120. The molecular weight excluding hydrogens is 258 g/mol. The standard InChI is InChI=1S/C11H10F2N4O2/c12-7-1-2-8(13)6(3-7)4-10(18)14-5-9-15-11(19)17-16-9/h1-3H,4-5H2,(H,14,18)(H2,15,16,17,19). The first kappa shape index (κ1) is 12.9. The van der Waals surface area contributed by atoms with Crippen LogP contribution in [0.2, 0.25) is 0 Å². The normalized spacial score (nSPS) is 10.4. The van der Waals surface area contributed by atoms with Crippen LogP contribution >= 0.6 is 0 Å². The van der Waals surface area contributed by atoms with E-state index in [9.17, 15) is 18.4 Å². The van der Waals surface area contributed by atoms with Crippen molar-refractivity contribution in [2.45, 2.75) is 13.0 Å². The maximum Gasteiger partial charge on any atom is 0.340 e. The SMILES string of the molecule is O=C(Cc1cc(F)ccc1F)NCc1n[nH]c(=O)[nH]1. The number of aromatic amines is 2. The molecule has 1 heterocycles. The Balaban J connectivity index is 1.94. The van der Waals surface area contributed by atoms with Gasteiger partial charge in [0, 0.05) is 5.56 Å². The van der Waals surface area contributed by atoms with Gasteiger partial charge in [-0.1, -0.05) is 0 Å². The topological polar surface area (TPSA) is 90.6 Å². The lowest BCUT2D eigenvalue weighted by atomic mass is 10.1. The van der Waals surface area contributed by atoms with Crippen molar-refractivity contribution in [3.8, 4) is 0 Å². The van der Waals surface area contributed by atoms with E-state index in [0.29, 0.717) is 0 Å². The summed E-state index contributed by atoms with van der Waals surface area (Å²) in [5.41, 5.74) is -0.520.